The average Bonchev–Trinajstić information content (AvgIpc) is 3.14. The van der Waals surface area contributed by atoms with E-state index in [2.05, 4.69) is 4.74 Å². The Kier molecular flexibility index (Phi) is 3.44. The van der Waals surface area contributed by atoms with Gasteiger partial charge in [-0.2, -0.15) is 3.96 Å². The Morgan fingerprint density at radius 3 is 2.71 bits per heavy atom. The SMILES string of the molecule is COC(=O)c1ccc2c(=O)n(C(=O)c3cccs3)sc2c1. The van der Waals surface area contributed by atoms with Gasteiger partial charge in [-0.05, 0) is 41.2 Å². The molecule has 0 saturated heterocycles. The van der Waals surface area contributed by atoms with Gasteiger partial charge in [0.2, 0.25) is 0 Å². The van der Waals surface area contributed by atoms with E-state index in [9.17, 15) is 14.4 Å². The van der Waals surface area contributed by atoms with E-state index in [-0.39, 0.29) is 11.5 Å². The smallest absolute Gasteiger partial charge is 0.337 e. The van der Waals surface area contributed by atoms with Gasteiger partial charge in [-0.3, -0.25) is 9.59 Å². The molecule has 2 heterocycles. The third kappa shape index (κ3) is 2.30. The molecule has 3 rings (SSSR count). The van der Waals surface area contributed by atoms with Gasteiger partial charge in [0.25, 0.3) is 11.5 Å². The first-order valence-corrected chi connectivity index (χ1v) is 7.59. The molecule has 0 bridgehead atoms. The van der Waals surface area contributed by atoms with E-state index in [0.717, 1.165) is 15.5 Å². The molecule has 5 nitrogen and oxygen atoms in total. The first-order valence-electron chi connectivity index (χ1n) is 5.94. The van der Waals surface area contributed by atoms with Crippen LogP contribution in [0.5, 0.6) is 0 Å². The second kappa shape index (κ2) is 5.27. The van der Waals surface area contributed by atoms with Gasteiger partial charge in [0, 0.05) is 0 Å². The fraction of sp³-hybridized carbons (Fsp3) is 0.0714. The van der Waals surface area contributed by atoms with Crippen LogP contribution in [0.15, 0.2) is 40.5 Å². The minimum atomic E-state index is -0.478. The third-order valence-electron chi connectivity index (χ3n) is 2.92. The van der Waals surface area contributed by atoms with Crippen LogP contribution in [-0.2, 0) is 4.74 Å². The molecule has 0 N–H and O–H groups in total. The van der Waals surface area contributed by atoms with Crippen LogP contribution in [0.4, 0.5) is 0 Å². The lowest BCUT2D eigenvalue weighted by atomic mass is 10.2. The summed E-state index contributed by atoms with van der Waals surface area (Å²) in [4.78, 5) is 36.5. The van der Waals surface area contributed by atoms with Gasteiger partial charge in [-0.1, -0.05) is 6.07 Å². The summed E-state index contributed by atoms with van der Waals surface area (Å²) in [6, 6.07) is 8.04. The first kappa shape index (κ1) is 13.7. The third-order valence-corrected chi connectivity index (χ3v) is 4.83. The normalized spacial score (nSPS) is 10.7. The van der Waals surface area contributed by atoms with Crippen LogP contribution in [0.3, 0.4) is 0 Å². The van der Waals surface area contributed by atoms with Crippen LogP contribution in [0.2, 0.25) is 0 Å². The molecule has 0 aliphatic heterocycles. The first-order chi connectivity index (χ1) is 10.1. The molecule has 0 amide bonds. The van der Waals surface area contributed by atoms with Crippen molar-refractivity contribution in [3.05, 3.63) is 56.5 Å². The topological polar surface area (TPSA) is 65.4 Å². The minimum absolute atomic E-state index is 0.349. The summed E-state index contributed by atoms with van der Waals surface area (Å²) in [6.07, 6.45) is 0. The summed E-state index contributed by atoms with van der Waals surface area (Å²) in [6.45, 7) is 0. The second-order valence-corrected chi connectivity index (χ2v) is 6.11. The molecule has 0 saturated carbocycles. The van der Waals surface area contributed by atoms with Crippen molar-refractivity contribution in [1.29, 1.82) is 0 Å². The molecule has 3 aromatic rings. The van der Waals surface area contributed by atoms with Gasteiger partial charge >= 0.3 is 5.97 Å². The second-order valence-electron chi connectivity index (χ2n) is 4.18. The van der Waals surface area contributed by atoms with E-state index < -0.39 is 5.97 Å². The Labute approximate surface area is 127 Å². The van der Waals surface area contributed by atoms with Gasteiger partial charge in [0.05, 0.1) is 27.6 Å². The number of aromatic nitrogens is 1. The monoisotopic (exact) mass is 319 g/mol. The quantitative estimate of drug-likeness (QED) is 0.681. The maximum absolute atomic E-state index is 12.3. The predicted molar refractivity (Wildman–Crippen MR) is 81.5 cm³/mol. The molecule has 0 spiro atoms. The van der Waals surface area contributed by atoms with Crippen molar-refractivity contribution >= 4 is 44.8 Å². The molecule has 0 aliphatic rings. The molecule has 0 fully saturated rings. The number of fused-ring (bicyclic) bond motifs is 1. The number of esters is 1. The summed E-state index contributed by atoms with van der Waals surface area (Å²) in [7, 11) is 1.29. The van der Waals surface area contributed by atoms with Gasteiger partial charge in [0.1, 0.15) is 0 Å². The van der Waals surface area contributed by atoms with Crippen LogP contribution < -0.4 is 5.56 Å². The van der Waals surface area contributed by atoms with Crippen molar-refractivity contribution < 1.29 is 14.3 Å². The van der Waals surface area contributed by atoms with Crippen molar-refractivity contribution in [1.82, 2.24) is 3.96 Å². The summed E-state index contributed by atoms with van der Waals surface area (Å²) < 4.78 is 6.33. The molecule has 0 aliphatic carbocycles. The van der Waals surface area contributed by atoms with Crippen molar-refractivity contribution in [2.45, 2.75) is 0 Å². The van der Waals surface area contributed by atoms with E-state index in [1.807, 2.05) is 0 Å². The average molecular weight is 319 g/mol. The molecule has 0 unspecified atom stereocenters. The molecule has 21 heavy (non-hydrogen) atoms. The van der Waals surface area contributed by atoms with E-state index in [1.165, 1.54) is 24.5 Å². The lowest BCUT2D eigenvalue weighted by molar-refractivity contribution is 0.0601. The lowest BCUT2D eigenvalue weighted by Gasteiger charge is -1.97. The highest BCUT2D eigenvalue weighted by atomic mass is 32.1. The summed E-state index contributed by atoms with van der Waals surface area (Å²) in [5.41, 5.74) is -0.0215. The van der Waals surface area contributed by atoms with Crippen molar-refractivity contribution in [2.75, 3.05) is 7.11 Å². The predicted octanol–water partition coefficient (Wildman–Crippen LogP) is 2.60. The molecule has 0 atom stereocenters. The maximum atomic E-state index is 12.3. The van der Waals surface area contributed by atoms with Crippen LogP contribution in [0, 0.1) is 0 Å². The maximum Gasteiger partial charge on any atom is 0.337 e. The highest BCUT2D eigenvalue weighted by Gasteiger charge is 2.17. The summed E-state index contributed by atoms with van der Waals surface area (Å²) in [5, 5.41) is 2.19. The van der Waals surface area contributed by atoms with Gasteiger partial charge in [-0.25, -0.2) is 4.79 Å². The van der Waals surface area contributed by atoms with E-state index in [4.69, 9.17) is 0 Å². The van der Waals surface area contributed by atoms with Crippen molar-refractivity contribution in [3.63, 3.8) is 0 Å². The Morgan fingerprint density at radius 1 is 1.24 bits per heavy atom. The summed E-state index contributed by atoms with van der Waals surface area (Å²) in [5.74, 6) is -0.829. The number of carbonyl (C=O) groups excluding carboxylic acids is 2. The number of nitrogens with zero attached hydrogens (tertiary/aromatic N) is 1. The van der Waals surface area contributed by atoms with Crippen LogP contribution in [-0.4, -0.2) is 22.9 Å². The zero-order valence-corrected chi connectivity index (χ0v) is 12.5. The molecule has 7 heteroatoms. The molecule has 106 valence electrons. The van der Waals surface area contributed by atoms with Crippen LogP contribution in [0.25, 0.3) is 10.1 Å². The number of carbonyl (C=O) groups is 2. The van der Waals surface area contributed by atoms with E-state index in [0.29, 0.717) is 20.5 Å². The minimum Gasteiger partial charge on any atom is -0.465 e. The Bertz CT molecular complexity index is 889. The number of hydrogen-bond acceptors (Lipinski definition) is 6. The fourth-order valence-corrected chi connectivity index (χ4v) is 3.61. The van der Waals surface area contributed by atoms with Gasteiger partial charge < -0.3 is 4.74 Å². The zero-order valence-electron chi connectivity index (χ0n) is 10.9. The van der Waals surface area contributed by atoms with Crippen LogP contribution >= 0.6 is 22.9 Å². The number of methoxy groups -OCH3 is 1. The largest absolute Gasteiger partial charge is 0.465 e. The number of benzene rings is 1. The van der Waals surface area contributed by atoms with E-state index in [1.54, 1.807) is 29.6 Å². The number of ether oxygens (including phenoxy) is 1. The Balaban J connectivity index is 2.13. The lowest BCUT2D eigenvalue weighted by Crippen LogP contribution is -2.20. The highest BCUT2D eigenvalue weighted by Crippen LogP contribution is 2.21. The van der Waals surface area contributed by atoms with Crippen molar-refractivity contribution in [2.24, 2.45) is 0 Å². The molecular weight excluding hydrogens is 310 g/mol. The van der Waals surface area contributed by atoms with Crippen LogP contribution in [0.1, 0.15) is 20.0 Å². The number of hydrogen-bond donors (Lipinski definition) is 0. The number of thiophene rings is 1. The summed E-state index contributed by atoms with van der Waals surface area (Å²) >= 11 is 2.31. The number of rotatable bonds is 2. The molecule has 2 aromatic heterocycles. The Morgan fingerprint density at radius 2 is 2.05 bits per heavy atom. The Hall–Kier alpha value is -2.25. The highest BCUT2D eigenvalue weighted by molar-refractivity contribution is 7.16. The standard InChI is InChI=1S/C14H9NO4S2/c1-19-14(18)8-4-5-9-11(7-8)21-15(12(9)16)13(17)10-3-2-6-20-10/h2-7H,1H3. The fourth-order valence-electron chi connectivity index (χ4n) is 1.90. The molecule has 0 radical (unpaired) electrons. The van der Waals surface area contributed by atoms with Gasteiger partial charge in [-0.15, -0.1) is 11.3 Å². The zero-order chi connectivity index (χ0) is 15.0. The molecular formula is C14H9NO4S2. The van der Waals surface area contributed by atoms with Crippen molar-refractivity contribution in [3.8, 4) is 0 Å². The van der Waals surface area contributed by atoms with E-state index >= 15 is 0 Å². The van der Waals surface area contributed by atoms with Gasteiger partial charge in [0.15, 0.2) is 0 Å². The molecule has 1 aromatic carbocycles.